The van der Waals surface area contributed by atoms with Gasteiger partial charge in [0, 0.05) is 6.20 Å². The third kappa shape index (κ3) is 3.67. The Morgan fingerprint density at radius 2 is 1.92 bits per heavy atom. The van der Waals surface area contributed by atoms with Gasteiger partial charge >= 0.3 is 13.6 Å². The van der Waals surface area contributed by atoms with Gasteiger partial charge < -0.3 is 18.8 Å². The number of nitrogens with one attached hydrogen (secondary N) is 1. The van der Waals surface area contributed by atoms with Crippen molar-refractivity contribution in [1.29, 1.82) is 0 Å². The molecule has 0 unspecified atom stereocenters. The van der Waals surface area contributed by atoms with Gasteiger partial charge in [-0.05, 0) is 38.2 Å². The molecule has 7 nitrogen and oxygen atoms in total. The SMILES string of the molecule is CCOP(=O)(OCC)/C(=C\n1c(=S)[nH]c2ccccc21)C(=O)OC. The van der Waals surface area contributed by atoms with Crippen LogP contribution in [0, 0.1) is 4.77 Å². The van der Waals surface area contributed by atoms with Crippen molar-refractivity contribution >= 4 is 43.0 Å². The number of ether oxygens (including phenoxy) is 1. The van der Waals surface area contributed by atoms with Gasteiger partial charge in [0.25, 0.3) is 0 Å². The molecule has 0 spiro atoms. The summed E-state index contributed by atoms with van der Waals surface area (Å²) in [6.45, 7) is 3.56. The number of para-hydroxylation sites is 2. The first kappa shape index (κ1) is 18.6. The Bertz CT molecular complexity index is 860. The highest BCUT2D eigenvalue weighted by atomic mass is 32.1. The average Bonchev–Trinajstić information content (AvgIpc) is 2.87. The van der Waals surface area contributed by atoms with Crippen LogP contribution >= 0.6 is 19.8 Å². The highest BCUT2D eigenvalue weighted by Crippen LogP contribution is 2.56. The number of carbonyl (C=O) groups excluding carboxylic acids is 1. The van der Waals surface area contributed by atoms with Gasteiger partial charge in [-0.1, -0.05) is 12.1 Å². The number of aromatic nitrogens is 2. The predicted molar refractivity (Wildman–Crippen MR) is 94.3 cm³/mol. The smallest absolute Gasteiger partial charge is 0.370 e. The normalized spacial score (nSPS) is 12.5. The molecule has 0 amide bonds. The zero-order valence-corrected chi connectivity index (χ0v) is 15.4. The maximum Gasteiger partial charge on any atom is 0.370 e. The summed E-state index contributed by atoms with van der Waals surface area (Å²) in [7, 11) is -2.63. The summed E-state index contributed by atoms with van der Waals surface area (Å²) in [4.78, 5) is 15.2. The minimum absolute atomic E-state index is 0.116. The molecule has 24 heavy (non-hydrogen) atoms. The number of fused-ring (bicyclic) bond motifs is 1. The molecule has 0 atom stereocenters. The van der Waals surface area contributed by atoms with E-state index in [9.17, 15) is 9.36 Å². The minimum Gasteiger partial charge on any atom is -0.465 e. The van der Waals surface area contributed by atoms with Crippen molar-refractivity contribution in [1.82, 2.24) is 9.55 Å². The first-order valence-corrected chi connectivity index (χ1v) is 9.31. The zero-order chi connectivity index (χ0) is 17.7. The summed E-state index contributed by atoms with van der Waals surface area (Å²) >= 11 is 5.29. The van der Waals surface area contributed by atoms with Gasteiger partial charge in [0.15, 0.2) is 10.1 Å². The van der Waals surface area contributed by atoms with Crippen LogP contribution in [0.5, 0.6) is 0 Å². The number of H-pyrrole nitrogens is 1. The van der Waals surface area contributed by atoms with Crippen LogP contribution < -0.4 is 0 Å². The number of hydrogen-bond donors (Lipinski definition) is 1. The molecule has 0 saturated carbocycles. The largest absolute Gasteiger partial charge is 0.465 e. The van der Waals surface area contributed by atoms with E-state index in [1.54, 1.807) is 18.4 Å². The van der Waals surface area contributed by atoms with Crippen LogP contribution in [-0.2, 0) is 23.1 Å². The standard InChI is InChI=1S/C15H19N2O5PS/c1-4-21-23(19,22-5-2)13(14(18)20-3)10-17-12-9-7-6-8-11(12)16-15(17)24/h6-10H,4-5H2,1-3H3,(H,16,24)/b13-10-. The molecule has 0 bridgehead atoms. The van der Waals surface area contributed by atoms with E-state index in [0.29, 0.717) is 4.77 Å². The predicted octanol–water partition coefficient (Wildman–Crippen LogP) is 3.94. The molecular weight excluding hydrogens is 351 g/mol. The monoisotopic (exact) mass is 370 g/mol. The molecule has 0 fully saturated rings. The minimum atomic E-state index is -3.84. The number of methoxy groups -OCH3 is 1. The average molecular weight is 370 g/mol. The Balaban J connectivity index is 2.69. The number of imidazole rings is 1. The maximum atomic E-state index is 13.0. The molecule has 1 aromatic heterocycles. The Labute approximate surface area is 144 Å². The number of benzene rings is 1. The van der Waals surface area contributed by atoms with Gasteiger partial charge in [0.1, 0.15) is 0 Å². The number of hydrogen-bond acceptors (Lipinski definition) is 6. The van der Waals surface area contributed by atoms with Crippen molar-refractivity contribution in [2.75, 3.05) is 20.3 Å². The van der Waals surface area contributed by atoms with Crippen LogP contribution in [0.1, 0.15) is 13.8 Å². The molecule has 1 heterocycles. The van der Waals surface area contributed by atoms with Crippen molar-refractivity contribution in [2.45, 2.75) is 13.8 Å². The van der Waals surface area contributed by atoms with E-state index in [1.165, 1.54) is 13.3 Å². The maximum absolute atomic E-state index is 13.0. The summed E-state index contributed by atoms with van der Waals surface area (Å²) in [6.07, 6.45) is 1.35. The van der Waals surface area contributed by atoms with E-state index >= 15 is 0 Å². The van der Waals surface area contributed by atoms with E-state index in [2.05, 4.69) is 4.98 Å². The third-order valence-corrected chi connectivity index (χ3v) is 5.55. The van der Waals surface area contributed by atoms with Crippen LogP contribution in [-0.4, -0.2) is 35.8 Å². The second-order valence-corrected chi connectivity index (χ2v) is 7.04. The molecule has 0 aliphatic rings. The lowest BCUT2D eigenvalue weighted by molar-refractivity contribution is -0.135. The van der Waals surface area contributed by atoms with Crippen molar-refractivity contribution in [3.05, 3.63) is 34.4 Å². The molecule has 0 saturated heterocycles. The number of nitrogens with zero attached hydrogens (tertiary/aromatic N) is 1. The third-order valence-electron chi connectivity index (χ3n) is 3.16. The molecule has 9 heteroatoms. The summed E-state index contributed by atoms with van der Waals surface area (Å²) in [6, 6.07) is 7.35. The molecule has 1 aromatic carbocycles. The quantitative estimate of drug-likeness (QED) is 0.344. The van der Waals surface area contributed by atoms with Crippen LogP contribution in [0.3, 0.4) is 0 Å². The lowest BCUT2D eigenvalue weighted by Crippen LogP contribution is -2.11. The number of carbonyl (C=O) groups is 1. The summed E-state index contributed by atoms with van der Waals surface area (Å²) in [5.41, 5.74) is 1.51. The van der Waals surface area contributed by atoms with E-state index in [-0.39, 0.29) is 18.5 Å². The van der Waals surface area contributed by atoms with E-state index in [0.717, 1.165) is 11.0 Å². The van der Waals surface area contributed by atoms with Gasteiger partial charge in [-0.3, -0.25) is 9.13 Å². The van der Waals surface area contributed by atoms with Gasteiger partial charge in [0.05, 0.1) is 31.4 Å². The van der Waals surface area contributed by atoms with Gasteiger partial charge in [0.2, 0.25) is 0 Å². The molecule has 130 valence electrons. The first-order valence-electron chi connectivity index (χ1n) is 7.35. The van der Waals surface area contributed by atoms with Crippen LogP contribution in [0.25, 0.3) is 17.2 Å². The van der Waals surface area contributed by atoms with Crippen molar-refractivity contribution in [3.8, 4) is 0 Å². The second-order valence-electron chi connectivity index (χ2n) is 4.66. The molecule has 0 aliphatic carbocycles. The fourth-order valence-corrected chi connectivity index (χ4v) is 4.05. The molecule has 0 radical (unpaired) electrons. The summed E-state index contributed by atoms with van der Waals surface area (Å²) in [5, 5.41) is -0.213. The van der Waals surface area contributed by atoms with E-state index in [1.807, 2.05) is 24.3 Å². The summed E-state index contributed by atoms with van der Waals surface area (Å²) in [5.74, 6) is -0.799. The molecule has 1 N–H and O–H groups in total. The lowest BCUT2D eigenvalue weighted by atomic mass is 10.3. The second kappa shape index (κ2) is 7.90. The van der Waals surface area contributed by atoms with Gasteiger partial charge in [-0.2, -0.15) is 0 Å². The Morgan fingerprint density at radius 3 is 2.50 bits per heavy atom. The van der Waals surface area contributed by atoms with E-state index in [4.69, 9.17) is 26.0 Å². The Kier molecular flexibility index (Phi) is 6.12. The van der Waals surface area contributed by atoms with Crippen LogP contribution in [0.2, 0.25) is 0 Å². The van der Waals surface area contributed by atoms with Crippen molar-refractivity contribution in [2.24, 2.45) is 0 Å². The topological polar surface area (TPSA) is 82.5 Å². The van der Waals surface area contributed by atoms with E-state index < -0.39 is 13.6 Å². The molecule has 0 aliphatic heterocycles. The highest BCUT2D eigenvalue weighted by Gasteiger charge is 2.36. The highest BCUT2D eigenvalue weighted by molar-refractivity contribution is 7.71. The Hall–Kier alpha value is -1.73. The molecular formula is C15H19N2O5PS. The fourth-order valence-electron chi connectivity index (χ4n) is 2.18. The number of aromatic amines is 1. The Morgan fingerprint density at radius 1 is 1.29 bits per heavy atom. The fraction of sp³-hybridized carbons (Fsp3) is 0.333. The van der Waals surface area contributed by atoms with Gasteiger partial charge in [-0.15, -0.1) is 0 Å². The van der Waals surface area contributed by atoms with Crippen molar-refractivity contribution < 1.29 is 23.1 Å². The summed E-state index contributed by atoms with van der Waals surface area (Å²) < 4.78 is 30.2. The number of rotatable bonds is 7. The lowest BCUT2D eigenvalue weighted by Gasteiger charge is -2.18. The number of esters is 1. The van der Waals surface area contributed by atoms with Crippen LogP contribution in [0.15, 0.2) is 29.6 Å². The van der Waals surface area contributed by atoms with Crippen molar-refractivity contribution in [3.63, 3.8) is 0 Å². The van der Waals surface area contributed by atoms with Crippen LogP contribution in [0.4, 0.5) is 0 Å². The molecule has 2 aromatic rings. The first-order chi connectivity index (χ1) is 11.5. The zero-order valence-electron chi connectivity index (χ0n) is 13.6. The van der Waals surface area contributed by atoms with Gasteiger partial charge in [-0.25, -0.2) is 4.79 Å². The molecule has 2 rings (SSSR count).